The van der Waals surface area contributed by atoms with E-state index in [1.54, 1.807) is 0 Å². The Morgan fingerprint density at radius 2 is 1.60 bits per heavy atom. The standard InChI is InChI=1S/C17H20F2O/c18-15-1-2-16(19)12(8-15)9-17(20)13-4-10-3-11(6-13)7-14(17)5-10/h1-2,8,10-11,13-14,20H,3-7,9H2. The van der Waals surface area contributed by atoms with Crippen LogP contribution in [0.15, 0.2) is 18.2 Å². The van der Waals surface area contributed by atoms with Crippen LogP contribution in [0.3, 0.4) is 0 Å². The van der Waals surface area contributed by atoms with Crippen LogP contribution in [0.5, 0.6) is 0 Å². The molecule has 0 aromatic heterocycles. The third-order valence-corrected chi connectivity index (χ3v) is 6.03. The molecule has 1 aromatic rings. The van der Waals surface area contributed by atoms with Crippen LogP contribution in [-0.2, 0) is 6.42 Å². The van der Waals surface area contributed by atoms with Gasteiger partial charge in [0.1, 0.15) is 11.6 Å². The second-order valence-corrected chi connectivity index (χ2v) is 7.21. The molecular weight excluding hydrogens is 258 g/mol. The molecule has 1 nitrogen and oxygen atoms in total. The van der Waals surface area contributed by atoms with E-state index in [0.717, 1.165) is 43.6 Å². The maximum absolute atomic E-state index is 13.9. The van der Waals surface area contributed by atoms with Crippen LogP contribution in [0.4, 0.5) is 8.78 Å². The van der Waals surface area contributed by atoms with Crippen molar-refractivity contribution in [2.45, 2.75) is 44.1 Å². The van der Waals surface area contributed by atoms with E-state index in [-0.39, 0.29) is 18.3 Å². The molecule has 5 rings (SSSR count). The molecule has 1 N–H and O–H groups in total. The molecule has 0 radical (unpaired) electrons. The predicted octanol–water partition coefficient (Wildman–Crippen LogP) is 3.69. The van der Waals surface area contributed by atoms with Gasteiger partial charge in [0.05, 0.1) is 5.60 Å². The topological polar surface area (TPSA) is 20.2 Å². The minimum atomic E-state index is -0.817. The molecule has 4 fully saturated rings. The Kier molecular flexibility index (Phi) is 2.72. The van der Waals surface area contributed by atoms with Crippen molar-refractivity contribution in [1.29, 1.82) is 0 Å². The van der Waals surface area contributed by atoms with Gasteiger partial charge in [0.2, 0.25) is 0 Å². The fourth-order valence-electron chi connectivity index (χ4n) is 5.27. The minimum absolute atomic E-state index is 0.269. The van der Waals surface area contributed by atoms with Gasteiger partial charge in [-0.15, -0.1) is 0 Å². The summed E-state index contributed by atoms with van der Waals surface area (Å²) in [4.78, 5) is 0. The number of aliphatic hydroxyl groups is 1. The summed E-state index contributed by atoms with van der Waals surface area (Å²) >= 11 is 0. The molecule has 0 amide bonds. The fourth-order valence-corrected chi connectivity index (χ4v) is 5.27. The van der Waals surface area contributed by atoms with E-state index in [4.69, 9.17) is 0 Å². The second-order valence-electron chi connectivity index (χ2n) is 7.21. The summed E-state index contributed by atoms with van der Waals surface area (Å²) in [6, 6.07) is 3.56. The first-order valence-corrected chi connectivity index (χ1v) is 7.71. The van der Waals surface area contributed by atoms with E-state index < -0.39 is 17.2 Å². The minimum Gasteiger partial charge on any atom is -0.389 e. The van der Waals surface area contributed by atoms with Crippen molar-refractivity contribution in [2.75, 3.05) is 0 Å². The van der Waals surface area contributed by atoms with Gasteiger partial charge in [-0.2, -0.15) is 0 Å². The molecule has 108 valence electrons. The first kappa shape index (κ1) is 12.8. The molecule has 0 spiro atoms. The lowest BCUT2D eigenvalue weighted by molar-refractivity contribution is -0.172. The zero-order chi connectivity index (χ0) is 13.9. The van der Waals surface area contributed by atoms with E-state index >= 15 is 0 Å². The van der Waals surface area contributed by atoms with Gasteiger partial charge in [0.15, 0.2) is 0 Å². The summed E-state index contributed by atoms with van der Waals surface area (Å²) in [5, 5.41) is 11.2. The third kappa shape index (κ3) is 1.82. The Morgan fingerprint density at radius 1 is 1.00 bits per heavy atom. The molecule has 4 bridgehead atoms. The van der Waals surface area contributed by atoms with E-state index in [1.165, 1.54) is 18.6 Å². The summed E-state index contributed by atoms with van der Waals surface area (Å²) in [6.45, 7) is 0. The molecule has 0 saturated heterocycles. The number of benzene rings is 1. The van der Waals surface area contributed by atoms with E-state index in [0.29, 0.717) is 5.56 Å². The highest BCUT2D eigenvalue weighted by atomic mass is 19.1. The van der Waals surface area contributed by atoms with Crippen molar-refractivity contribution in [3.8, 4) is 0 Å². The Bertz CT molecular complexity index is 512. The van der Waals surface area contributed by atoms with Crippen LogP contribution in [0.1, 0.15) is 37.7 Å². The quantitative estimate of drug-likeness (QED) is 0.874. The van der Waals surface area contributed by atoms with Gasteiger partial charge in [-0.1, -0.05) is 0 Å². The Hall–Kier alpha value is -0.960. The summed E-state index contributed by atoms with van der Waals surface area (Å²) in [5.41, 5.74) is -0.484. The van der Waals surface area contributed by atoms with Gasteiger partial charge >= 0.3 is 0 Å². The predicted molar refractivity (Wildman–Crippen MR) is 72.1 cm³/mol. The van der Waals surface area contributed by atoms with Gasteiger partial charge < -0.3 is 5.11 Å². The highest BCUT2D eigenvalue weighted by molar-refractivity contribution is 5.23. The maximum Gasteiger partial charge on any atom is 0.126 e. The van der Waals surface area contributed by atoms with Crippen LogP contribution in [0, 0.1) is 35.3 Å². The third-order valence-electron chi connectivity index (χ3n) is 6.03. The molecule has 3 heteroatoms. The average molecular weight is 278 g/mol. The van der Waals surface area contributed by atoms with Gasteiger partial charge in [-0.25, -0.2) is 8.78 Å². The van der Waals surface area contributed by atoms with Gasteiger partial charge in [-0.05, 0) is 79.5 Å². The highest BCUT2D eigenvalue weighted by Crippen LogP contribution is 2.59. The first-order valence-electron chi connectivity index (χ1n) is 7.71. The average Bonchev–Trinajstić information content (AvgIpc) is 2.40. The lowest BCUT2D eigenvalue weighted by Crippen LogP contribution is -2.58. The summed E-state index contributed by atoms with van der Waals surface area (Å²) in [6.07, 6.45) is 5.87. The lowest BCUT2D eigenvalue weighted by Gasteiger charge is -2.59. The van der Waals surface area contributed by atoms with Crippen LogP contribution >= 0.6 is 0 Å². The van der Waals surface area contributed by atoms with E-state index in [2.05, 4.69) is 0 Å². The van der Waals surface area contributed by atoms with Crippen LogP contribution in [0.25, 0.3) is 0 Å². The molecule has 4 saturated carbocycles. The molecule has 0 atom stereocenters. The van der Waals surface area contributed by atoms with E-state index in [9.17, 15) is 13.9 Å². The number of halogens is 2. The fraction of sp³-hybridized carbons (Fsp3) is 0.647. The number of hydrogen-bond acceptors (Lipinski definition) is 1. The smallest absolute Gasteiger partial charge is 0.126 e. The molecular formula is C17H20F2O. The molecule has 4 aliphatic rings. The normalized spacial score (nSPS) is 42.1. The Labute approximate surface area is 118 Å². The number of hydrogen-bond donors (Lipinski definition) is 1. The van der Waals surface area contributed by atoms with Crippen molar-refractivity contribution in [3.05, 3.63) is 35.4 Å². The molecule has 0 unspecified atom stereocenters. The highest BCUT2D eigenvalue weighted by Gasteiger charge is 2.56. The van der Waals surface area contributed by atoms with Crippen molar-refractivity contribution >= 4 is 0 Å². The van der Waals surface area contributed by atoms with Crippen molar-refractivity contribution in [3.63, 3.8) is 0 Å². The maximum atomic E-state index is 13.9. The largest absolute Gasteiger partial charge is 0.389 e. The lowest BCUT2D eigenvalue weighted by atomic mass is 9.49. The Balaban J connectivity index is 1.66. The monoisotopic (exact) mass is 278 g/mol. The SMILES string of the molecule is OC1(Cc2cc(F)ccc2F)C2CC3CC(C2)CC1C3. The van der Waals surface area contributed by atoms with Crippen LogP contribution in [0.2, 0.25) is 0 Å². The summed E-state index contributed by atoms with van der Waals surface area (Å²) < 4.78 is 27.2. The van der Waals surface area contributed by atoms with Crippen molar-refractivity contribution in [1.82, 2.24) is 0 Å². The number of rotatable bonds is 2. The Morgan fingerprint density at radius 3 is 2.20 bits per heavy atom. The summed E-state index contributed by atoms with van der Waals surface area (Å²) in [7, 11) is 0. The summed E-state index contributed by atoms with van der Waals surface area (Å²) in [5.74, 6) is 1.26. The molecule has 0 heterocycles. The molecule has 4 aliphatic carbocycles. The van der Waals surface area contributed by atoms with Crippen molar-refractivity contribution < 1.29 is 13.9 Å². The molecule has 0 aliphatic heterocycles. The first-order chi connectivity index (χ1) is 9.54. The van der Waals surface area contributed by atoms with Gasteiger partial charge in [0, 0.05) is 6.42 Å². The zero-order valence-corrected chi connectivity index (χ0v) is 11.5. The van der Waals surface area contributed by atoms with Crippen LogP contribution in [-0.4, -0.2) is 10.7 Å². The molecule has 1 aromatic carbocycles. The second kappa shape index (κ2) is 4.27. The van der Waals surface area contributed by atoms with Gasteiger partial charge in [0.25, 0.3) is 0 Å². The van der Waals surface area contributed by atoms with Crippen LogP contribution < -0.4 is 0 Å². The molecule has 20 heavy (non-hydrogen) atoms. The van der Waals surface area contributed by atoms with Crippen molar-refractivity contribution in [2.24, 2.45) is 23.7 Å². The van der Waals surface area contributed by atoms with Gasteiger partial charge in [-0.3, -0.25) is 0 Å². The van der Waals surface area contributed by atoms with E-state index in [1.807, 2.05) is 0 Å². The zero-order valence-electron chi connectivity index (χ0n) is 11.5.